The Morgan fingerprint density at radius 1 is 1.10 bits per heavy atom. The van der Waals surface area contributed by atoms with Crippen LogP contribution in [0.4, 0.5) is 17.1 Å². The van der Waals surface area contributed by atoms with Gasteiger partial charge in [-0.1, -0.05) is 22.0 Å². The van der Waals surface area contributed by atoms with Crippen molar-refractivity contribution in [3.8, 4) is 0 Å². The topological polar surface area (TPSA) is 44.4 Å². The van der Waals surface area contributed by atoms with E-state index in [0.29, 0.717) is 0 Å². The van der Waals surface area contributed by atoms with Gasteiger partial charge in [0.1, 0.15) is 0 Å². The smallest absolute Gasteiger partial charge is 0.243 e. The number of nitrogens with zero attached hydrogens (tertiary/aromatic N) is 1. The first kappa shape index (κ1) is 15.4. The van der Waals surface area contributed by atoms with Gasteiger partial charge in [0.15, 0.2) is 0 Å². The molecule has 0 unspecified atom stereocenters. The molecule has 2 rings (SSSR count). The number of hydrogen-bond acceptors (Lipinski definition) is 3. The quantitative estimate of drug-likeness (QED) is 0.868. The summed E-state index contributed by atoms with van der Waals surface area (Å²) in [7, 11) is 3.97. The molecule has 0 aliphatic heterocycles. The molecule has 0 radical (unpaired) electrons. The third-order valence-corrected chi connectivity index (χ3v) is 3.47. The third kappa shape index (κ3) is 4.79. The Morgan fingerprint density at radius 3 is 2.48 bits per heavy atom. The summed E-state index contributed by atoms with van der Waals surface area (Å²) in [5.74, 6) is -0.0763. The maximum Gasteiger partial charge on any atom is 0.243 e. The minimum absolute atomic E-state index is 0.0763. The van der Waals surface area contributed by atoms with Crippen molar-refractivity contribution in [2.24, 2.45) is 0 Å². The van der Waals surface area contributed by atoms with Crippen LogP contribution in [0.2, 0.25) is 0 Å². The molecule has 0 aliphatic rings. The number of carbonyl (C=O) groups excluding carboxylic acids is 1. The van der Waals surface area contributed by atoms with E-state index in [9.17, 15) is 4.79 Å². The lowest BCUT2D eigenvalue weighted by Gasteiger charge is -2.14. The van der Waals surface area contributed by atoms with E-state index < -0.39 is 0 Å². The average molecular weight is 348 g/mol. The molecule has 2 aromatic rings. The van der Waals surface area contributed by atoms with Crippen molar-refractivity contribution in [2.75, 3.05) is 36.2 Å². The maximum absolute atomic E-state index is 11.9. The highest BCUT2D eigenvalue weighted by Gasteiger charge is 2.03. The molecule has 0 aromatic heterocycles. The Bertz CT molecular complexity index is 611. The van der Waals surface area contributed by atoms with Gasteiger partial charge in [0.2, 0.25) is 5.91 Å². The van der Waals surface area contributed by atoms with Crippen LogP contribution in [-0.2, 0) is 4.79 Å². The number of amides is 1. The van der Waals surface area contributed by atoms with Crippen LogP contribution >= 0.6 is 15.9 Å². The van der Waals surface area contributed by atoms with E-state index >= 15 is 0 Å². The van der Waals surface area contributed by atoms with Gasteiger partial charge in [-0.05, 0) is 42.5 Å². The van der Waals surface area contributed by atoms with Crippen LogP contribution in [0.3, 0.4) is 0 Å². The van der Waals surface area contributed by atoms with Gasteiger partial charge in [0.25, 0.3) is 0 Å². The van der Waals surface area contributed by atoms with Crippen molar-refractivity contribution in [3.63, 3.8) is 0 Å². The highest BCUT2D eigenvalue weighted by atomic mass is 79.9. The van der Waals surface area contributed by atoms with Gasteiger partial charge in [-0.3, -0.25) is 4.79 Å². The predicted octanol–water partition coefficient (Wildman–Crippen LogP) is 3.57. The van der Waals surface area contributed by atoms with Crippen molar-refractivity contribution in [1.82, 2.24) is 0 Å². The molecule has 0 saturated carbocycles. The molecule has 0 fully saturated rings. The normalized spacial score (nSPS) is 10.0. The molecule has 0 aliphatic carbocycles. The number of hydrogen-bond donors (Lipinski definition) is 2. The fourth-order valence-electron chi connectivity index (χ4n) is 1.81. The molecule has 0 saturated heterocycles. The molecular formula is C16H18BrN3O. The number of halogens is 1. The van der Waals surface area contributed by atoms with E-state index in [1.54, 1.807) is 0 Å². The zero-order valence-corrected chi connectivity index (χ0v) is 13.6. The highest BCUT2D eigenvalue weighted by molar-refractivity contribution is 9.10. The van der Waals surface area contributed by atoms with Crippen LogP contribution in [0.1, 0.15) is 0 Å². The molecule has 5 heteroatoms. The van der Waals surface area contributed by atoms with E-state index in [2.05, 4.69) is 26.6 Å². The lowest BCUT2D eigenvalue weighted by molar-refractivity contribution is -0.114. The molecule has 21 heavy (non-hydrogen) atoms. The highest BCUT2D eigenvalue weighted by Crippen LogP contribution is 2.17. The van der Waals surface area contributed by atoms with Crippen LogP contribution in [0.25, 0.3) is 0 Å². The summed E-state index contributed by atoms with van der Waals surface area (Å²) in [6.07, 6.45) is 0. The van der Waals surface area contributed by atoms with E-state index in [-0.39, 0.29) is 12.5 Å². The van der Waals surface area contributed by atoms with Crippen molar-refractivity contribution in [3.05, 3.63) is 53.0 Å². The summed E-state index contributed by atoms with van der Waals surface area (Å²) in [6, 6.07) is 15.4. The van der Waals surface area contributed by atoms with Gasteiger partial charge in [0, 0.05) is 35.6 Å². The largest absolute Gasteiger partial charge is 0.378 e. The number of anilines is 3. The minimum atomic E-state index is -0.0763. The summed E-state index contributed by atoms with van der Waals surface area (Å²) in [5, 5.41) is 5.97. The lowest BCUT2D eigenvalue weighted by atomic mass is 10.2. The predicted molar refractivity (Wildman–Crippen MR) is 92.0 cm³/mol. The summed E-state index contributed by atoms with van der Waals surface area (Å²) >= 11 is 3.36. The summed E-state index contributed by atoms with van der Waals surface area (Å²) < 4.78 is 0.985. The molecule has 0 atom stereocenters. The number of carbonyl (C=O) groups is 1. The van der Waals surface area contributed by atoms with Crippen LogP contribution in [0, 0.1) is 0 Å². The lowest BCUT2D eigenvalue weighted by Crippen LogP contribution is -2.21. The standard InChI is InChI=1S/C16H18BrN3O/c1-20(2)15-5-3-4-14(10-15)18-11-16(21)19-13-8-6-12(17)7-9-13/h3-10,18H,11H2,1-2H3,(H,19,21). The van der Waals surface area contributed by atoms with Crippen LogP contribution < -0.4 is 15.5 Å². The summed E-state index contributed by atoms with van der Waals surface area (Å²) in [6.45, 7) is 0.229. The van der Waals surface area contributed by atoms with Crippen molar-refractivity contribution < 1.29 is 4.79 Å². The van der Waals surface area contributed by atoms with Crippen molar-refractivity contribution >= 4 is 38.9 Å². The van der Waals surface area contributed by atoms with E-state index in [0.717, 1.165) is 21.5 Å². The fourth-order valence-corrected chi connectivity index (χ4v) is 2.08. The van der Waals surface area contributed by atoms with Crippen molar-refractivity contribution in [2.45, 2.75) is 0 Å². The van der Waals surface area contributed by atoms with Crippen LogP contribution in [0.15, 0.2) is 53.0 Å². The van der Waals surface area contributed by atoms with Gasteiger partial charge < -0.3 is 15.5 Å². The summed E-state index contributed by atoms with van der Waals surface area (Å²) in [5.41, 5.74) is 2.80. The Kier molecular flexibility index (Phi) is 5.22. The Morgan fingerprint density at radius 2 is 1.81 bits per heavy atom. The third-order valence-electron chi connectivity index (χ3n) is 2.94. The fraction of sp³-hybridized carbons (Fsp3) is 0.188. The minimum Gasteiger partial charge on any atom is -0.378 e. The van der Waals surface area contributed by atoms with Gasteiger partial charge >= 0.3 is 0 Å². The maximum atomic E-state index is 11.9. The van der Waals surface area contributed by atoms with Gasteiger partial charge in [0.05, 0.1) is 6.54 Å². The summed E-state index contributed by atoms with van der Waals surface area (Å²) in [4.78, 5) is 13.9. The zero-order chi connectivity index (χ0) is 15.2. The molecule has 2 N–H and O–H groups in total. The molecule has 0 spiro atoms. The average Bonchev–Trinajstić information content (AvgIpc) is 2.48. The van der Waals surface area contributed by atoms with E-state index in [4.69, 9.17) is 0 Å². The SMILES string of the molecule is CN(C)c1cccc(NCC(=O)Nc2ccc(Br)cc2)c1. The molecule has 110 valence electrons. The van der Waals surface area contributed by atoms with Gasteiger partial charge in [-0.25, -0.2) is 0 Å². The van der Waals surface area contributed by atoms with E-state index in [1.807, 2.05) is 67.5 Å². The Hall–Kier alpha value is -2.01. The number of nitrogens with one attached hydrogen (secondary N) is 2. The monoisotopic (exact) mass is 347 g/mol. The molecule has 4 nitrogen and oxygen atoms in total. The first-order valence-electron chi connectivity index (χ1n) is 6.61. The first-order valence-corrected chi connectivity index (χ1v) is 7.40. The van der Waals surface area contributed by atoms with Gasteiger partial charge in [-0.15, -0.1) is 0 Å². The first-order chi connectivity index (χ1) is 10.0. The Labute approximate surface area is 133 Å². The number of benzene rings is 2. The molecule has 2 aromatic carbocycles. The molecule has 0 heterocycles. The second kappa shape index (κ2) is 7.13. The molecular weight excluding hydrogens is 330 g/mol. The Balaban J connectivity index is 1.89. The second-order valence-electron chi connectivity index (χ2n) is 4.85. The van der Waals surface area contributed by atoms with Crippen LogP contribution in [-0.4, -0.2) is 26.5 Å². The van der Waals surface area contributed by atoms with Gasteiger partial charge in [-0.2, -0.15) is 0 Å². The zero-order valence-electron chi connectivity index (χ0n) is 12.1. The molecule has 0 bridgehead atoms. The second-order valence-corrected chi connectivity index (χ2v) is 5.77. The van der Waals surface area contributed by atoms with Crippen LogP contribution in [0.5, 0.6) is 0 Å². The van der Waals surface area contributed by atoms with Crippen molar-refractivity contribution in [1.29, 1.82) is 0 Å². The number of rotatable bonds is 5. The molecule has 1 amide bonds. The van der Waals surface area contributed by atoms with E-state index in [1.165, 1.54) is 0 Å².